The molecule has 2 aliphatic carbocycles. The first-order chi connectivity index (χ1) is 7.20. The van der Waals surface area contributed by atoms with Crippen molar-refractivity contribution < 1.29 is 14.7 Å². The van der Waals surface area contributed by atoms with Gasteiger partial charge in [-0.3, -0.25) is 9.59 Å². The molecule has 2 atom stereocenters. The Morgan fingerprint density at radius 1 is 1.27 bits per heavy atom. The topological polar surface area (TPSA) is 66.4 Å². The second-order valence-electron chi connectivity index (χ2n) is 4.57. The van der Waals surface area contributed by atoms with Crippen molar-refractivity contribution in [2.75, 3.05) is 6.54 Å². The van der Waals surface area contributed by atoms with Gasteiger partial charge in [0.2, 0.25) is 5.91 Å². The molecule has 0 spiro atoms. The molecule has 0 unspecified atom stereocenters. The number of rotatable bonds is 5. The van der Waals surface area contributed by atoms with Gasteiger partial charge in [-0.15, -0.1) is 0 Å². The Morgan fingerprint density at radius 2 is 1.93 bits per heavy atom. The van der Waals surface area contributed by atoms with Crippen molar-refractivity contribution in [1.29, 1.82) is 0 Å². The molecule has 84 valence electrons. The molecule has 0 heterocycles. The number of carboxylic acid groups (broad SMARTS) is 1. The van der Waals surface area contributed by atoms with E-state index in [0.29, 0.717) is 24.8 Å². The molecular weight excluding hydrogens is 194 g/mol. The van der Waals surface area contributed by atoms with Crippen molar-refractivity contribution in [1.82, 2.24) is 5.32 Å². The van der Waals surface area contributed by atoms with Crippen molar-refractivity contribution in [2.24, 2.45) is 17.8 Å². The van der Waals surface area contributed by atoms with Gasteiger partial charge in [-0.1, -0.05) is 6.42 Å². The van der Waals surface area contributed by atoms with E-state index in [4.69, 9.17) is 5.11 Å². The van der Waals surface area contributed by atoms with E-state index in [1.54, 1.807) is 0 Å². The fraction of sp³-hybridized carbons (Fsp3) is 0.818. The third-order valence-electron chi connectivity index (χ3n) is 3.58. The average molecular weight is 211 g/mol. The maximum absolute atomic E-state index is 11.6. The highest BCUT2D eigenvalue weighted by atomic mass is 16.4. The van der Waals surface area contributed by atoms with Crippen molar-refractivity contribution in [3.05, 3.63) is 0 Å². The molecule has 2 rings (SSSR count). The number of carbonyl (C=O) groups excluding carboxylic acids is 1. The molecule has 15 heavy (non-hydrogen) atoms. The zero-order valence-electron chi connectivity index (χ0n) is 8.74. The van der Waals surface area contributed by atoms with E-state index < -0.39 is 5.97 Å². The molecule has 0 radical (unpaired) electrons. The lowest BCUT2D eigenvalue weighted by Gasteiger charge is -2.05. The Hall–Kier alpha value is -1.06. The monoisotopic (exact) mass is 211 g/mol. The van der Waals surface area contributed by atoms with Gasteiger partial charge in [0.15, 0.2) is 0 Å². The number of carbonyl (C=O) groups is 2. The van der Waals surface area contributed by atoms with Crippen LogP contribution in [0.5, 0.6) is 0 Å². The first-order valence-electron chi connectivity index (χ1n) is 5.69. The summed E-state index contributed by atoms with van der Waals surface area (Å²) in [6.07, 6.45) is 4.36. The standard InChI is InChI=1S/C11H17NO3/c13-9(14)5-2-6-12-11(15)10-7-3-1-4-8(7)10/h7-8,10H,1-6H2,(H,12,15)(H,13,14)/t7-,8-/m1/s1. The van der Waals surface area contributed by atoms with Gasteiger partial charge in [-0.05, 0) is 31.1 Å². The zero-order chi connectivity index (χ0) is 10.8. The summed E-state index contributed by atoms with van der Waals surface area (Å²) in [4.78, 5) is 21.8. The summed E-state index contributed by atoms with van der Waals surface area (Å²) in [5, 5.41) is 11.2. The Morgan fingerprint density at radius 3 is 2.53 bits per heavy atom. The van der Waals surface area contributed by atoms with Crippen LogP contribution in [0.15, 0.2) is 0 Å². The lowest BCUT2D eigenvalue weighted by molar-refractivity contribution is -0.137. The number of amides is 1. The molecule has 0 aliphatic heterocycles. The highest BCUT2D eigenvalue weighted by molar-refractivity contribution is 5.82. The third-order valence-corrected chi connectivity index (χ3v) is 3.58. The van der Waals surface area contributed by atoms with Gasteiger partial charge in [0.25, 0.3) is 0 Å². The van der Waals surface area contributed by atoms with Crippen LogP contribution < -0.4 is 5.32 Å². The number of fused-ring (bicyclic) bond motifs is 1. The van der Waals surface area contributed by atoms with E-state index in [0.717, 1.165) is 0 Å². The average Bonchev–Trinajstić information content (AvgIpc) is 2.67. The predicted octanol–water partition coefficient (Wildman–Crippen LogP) is 1.01. The normalized spacial score (nSPS) is 32.1. The van der Waals surface area contributed by atoms with E-state index in [1.807, 2.05) is 0 Å². The summed E-state index contributed by atoms with van der Waals surface area (Å²) >= 11 is 0. The second kappa shape index (κ2) is 4.21. The second-order valence-corrected chi connectivity index (χ2v) is 4.57. The molecule has 0 aromatic heterocycles. The van der Waals surface area contributed by atoms with Crippen LogP contribution >= 0.6 is 0 Å². The molecule has 0 aromatic carbocycles. The van der Waals surface area contributed by atoms with E-state index in [-0.39, 0.29) is 18.2 Å². The molecule has 2 fully saturated rings. The molecule has 0 saturated heterocycles. The van der Waals surface area contributed by atoms with Crippen LogP contribution in [0.1, 0.15) is 32.1 Å². The smallest absolute Gasteiger partial charge is 0.303 e. The molecule has 0 aromatic rings. The van der Waals surface area contributed by atoms with Gasteiger partial charge in [-0.2, -0.15) is 0 Å². The van der Waals surface area contributed by atoms with Gasteiger partial charge < -0.3 is 10.4 Å². The summed E-state index contributed by atoms with van der Waals surface area (Å²) < 4.78 is 0. The lowest BCUT2D eigenvalue weighted by atomic mass is 10.1. The van der Waals surface area contributed by atoms with Crippen LogP contribution in [-0.4, -0.2) is 23.5 Å². The van der Waals surface area contributed by atoms with Gasteiger partial charge in [-0.25, -0.2) is 0 Å². The van der Waals surface area contributed by atoms with Gasteiger partial charge in [0.1, 0.15) is 0 Å². The fourth-order valence-electron chi connectivity index (χ4n) is 2.78. The van der Waals surface area contributed by atoms with Gasteiger partial charge in [0, 0.05) is 18.9 Å². The molecule has 2 aliphatic rings. The fourth-order valence-corrected chi connectivity index (χ4v) is 2.78. The van der Waals surface area contributed by atoms with Crippen LogP contribution in [0.2, 0.25) is 0 Å². The Labute approximate surface area is 89.0 Å². The minimum Gasteiger partial charge on any atom is -0.481 e. The van der Waals surface area contributed by atoms with Crippen LogP contribution in [0, 0.1) is 17.8 Å². The summed E-state index contributed by atoms with van der Waals surface area (Å²) in [5.74, 6) is 0.889. The first kappa shape index (κ1) is 10.5. The number of hydrogen-bond donors (Lipinski definition) is 2. The van der Waals surface area contributed by atoms with Crippen molar-refractivity contribution >= 4 is 11.9 Å². The minimum atomic E-state index is -0.799. The Balaban J connectivity index is 1.60. The molecule has 1 amide bonds. The quantitative estimate of drug-likeness (QED) is 0.667. The summed E-state index contributed by atoms with van der Waals surface area (Å²) in [7, 11) is 0. The summed E-state index contributed by atoms with van der Waals surface area (Å²) in [6.45, 7) is 0.501. The van der Waals surface area contributed by atoms with E-state index in [9.17, 15) is 9.59 Å². The minimum absolute atomic E-state index is 0.137. The highest BCUT2D eigenvalue weighted by Gasteiger charge is 2.56. The molecule has 2 saturated carbocycles. The van der Waals surface area contributed by atoms with Gasteiger partial charge >= 0.3 is 5.97 Å². The maximum atomic E-state index is 11.6. The maximum Gasteiger partial charge on any atom is 0.303 e. The Bertz CT molecular complexity index is 267. The largest absolute Gasteiger partial charge is 0.481 e. The van der Waals surface area contributed by atoms with E-state index in [1.165, 1.54) is 19.3 Å². The van der Waals surface area contributed by atoms with Crippen molar-refractivity contribution in [3.63, 3.8) is 0 Å². The molecule has 4 heteroatoms. The summed E-state index contributed by atoms with van der Waals surface area (Å²) in [6, 6.07) is 0. The predicted molar refractivity (Wildman–Crippen MR) is 54.2 cm³/mol. The summed E-state index contributed by atoms with van der Waals surface area (Å²) in [5.41, 5.74) is 0. The van der Waals surface area contributed by atoms with E-state index in [2.05, 4.69) is 5.32 Å². The van der Waals surface area contributed by atoms with Crippen LogP contribution in [0.25, 0.3) is 0 Å². The molecular formula is C11H17NO3. The van der Waals surface area contributed by atoms with Gasteiger partial charge in [0.05, 0.1) is 0 Å². The number of carboxylic acids is 1. The van der Waals surface area contributed by atoms with Crippen LogP contribution in [0.4, 0.5) is 0 Å². The molecule has 2 N–H and O–H groups in total. The van der Waals surface area contributed by atoms with Crippen LogP contribution in [0.3, 0.4) is 0 Å². The molecule has 4 nitrogen and oxygen atoms in total. The SMILES string of the molecule is O=C(O)CCCNC(=O)C1[C@@H]2CCC[C@@H]12. The number of hydrogen-bond acceptors (Lipinski definition) is 2. The zero-order valence-corrected chi connectivity index (χ0v) is 8.74. The number of nitrogens with one attached hydrogen (secondary N) is 1. The third kappa shape index (κ3) is 2.30. The molecule has 0 bridgehead atoms. The van der Waals surface area contributed by atoms with E-state index >= 15 is 0 Å². The van der Waals surface area contributed by atoms with Crippen LogP contribution in [-0.2, 0) is 9.59 Å². The highest BCUT2D eigenvalue weighted by Crippen LogP contribution is 2.57. The Kier molecular flexibility index (Phi) is 2.93. The van der Waals surface area contributed by atoms with Crippen molar-refractivity contribution in [3.8, 4) is 0 Å². The van der Waals surface area contributed by atoms with Crippen molar-refractivity contribution in [2.45, 2.75) is 32.1 Å². The lowest BCUT2D eigenvalue weighted by Crippen LogP contribution is -2.27. The number of aliphatic carboxylic acids is 1. The first-order valence-corrected chi connectivity index (χ1v) is 5.69.